The Balaban J connectivity index is 1.78. The molecule has 146 valence electrons. The van der Waals surface area contributed by atoms with Gasteiger partial charge in [0.1, 0.15) is 5.82 Å². The zero-order valence-corrected chi connectivity index (χ0v) is 17.0. The van der Waals surface area contributed by atoms with Crippen molar-refractivity contribution >= 4 is 27.6 Å². The minimum absolute atomic E-state index is 0.191. The van der Waals surface area contributed by atoms with E-state index in [1.807, 2.05) is 57.1 Å². The fourth-order valence-corrected chi connectivity index (χ4v) is 4.41. The van der Waals surface area contributed by atoms with E-state index < -0.39 is 10.0 Å². The van der Waals surface area contributed by atoms with Crippen LogP contribution in [0, 0.1) is 0 Å². The van der Waals surface area contributed by atoms with Crippen LogP contribution >= 0.6 is 0 Å². The summed E-state index contributed by atoms with van der Waals surface area (Å²) >= 11 is 0. The van der Waals surface area contributed by atoms with Gasteiger partial charge in [0.15, 0.2) is 0 Å². The summed E-state index contributed by atoms with van der Waals surface area (Å²) in [6.07, 6.45) is 0.668. The first-order valence-electron chi connectivity index (χ1n) is 9.03. The largest absolute Gasteiger partial charge is 0.350 e. The van der Waals surface area contributed by atoms with Crippen molar-refractivity contribution in [2.24, 2.45) is 0 Å². The molecule has 1 N–H and O–H groups in total. The summed E-state index contributed by atoms with van der Waals surface area (Å²) in [7, 11) is 0.604. The van der Waals surface area contributed by atoms with E-state index in [2.05, 4.69) is 20.3 Å². The SMILES string of the molecule is CC(C)c1nc(NCc2cccc(N3CCCS3(=O)=O)c2)nc(N(C)C)n1. The lowest BCUT2D eigenvalue weighted by atomic mass is 10.2. The molecular formula is C18H26N6O2S. The summed E-state index contributed by atoms with van der Waals surface area (Å²) < 4.78 is 25.8. The molecule has 0 aliphatic carbocycles. The van der Waals surface area contributed by atoms with Crippen molar-refractivity contribution < 1.29 is 8.42 Å². The summed E-state index contributed by atoms with van der Waals surface area (Å²) in [6.45, 7) is 5.11. The summed E-state index contributed by atoms with van der Waals surface area (Å²) in [5, 5.41) is 3.23. The first-order valence-corrected chi connectivity index (χ1v) is 10.6. The predicted octanol–water partition coefficient (Wildman–Crippen LogP) is 2.21. The van der Waals surface area contributed by atoms with Crippen molar-refractivity contribution in [3.63, 3.8) is 0 Å². The summed E-state index contributed by atoms with van der Waals surface area (Å²) in [5.74, 6) is 2.25. The highest BCUT2D eigenvalue weighted by Crippen LogP contribution is 2.25. The van der Waals surface area contributed by atoms with Gasteiger partial charge in [-0.15, -0.1) is 0 Å². The molecule has 8 nitrogen and oxygen atoms in total. The average molecular weight is 391 g/mol. The molecule has 0 spiro atoms. The number of nitrogens with one attached hydrogen (secondary N) is 1. The lowest BCUT2D eigenvalue weighted by molar-refractivity contribution is 0.599. The molecule has 0 saturated carbocycles. The fourth-order valence-electron chi connectivity index (χ4n) is 2.85. The van der Waals surface area contributed by atoms with Gasteiger partial charge in [-0.1, -0.05) is 26.0 Å². The molecule has 1 aliphatic heterocycles. The summed E-state index contributed by atoms with van der Waals surface area (Å²) in [5.41, 5.74) is 1.67. The number of nitrogens with zero attached hydrogens (tertiary/aromatic N) is 5. The van der Waals surface area contributed by atoms with Crippen LogP contribution in [-0.4, -0.2) is 49.8 Å². The highest BCUT2D eigenvalue weighted by atomic mass is 32.2. The molecule has 0 unspecified atom stereocenters. The van der Waals surface area contributed by atoms with E-state index in [0.29, 0.717) is 37.1 Å². The molecule has 1 aliphatic rings. The standard InChI is InChI=1S/C18H26N6O2S/c1-13(2)16-20-17(22-18(21-16)23(3)4)19-12-14-7-5-8-15(11-14)24-9-6-10-27(24,25)26/h5,7-8,11,13H,6,9-10,12H2,1-4H3,(H,19,20,21,22). The molecule has 2 heterocycles. The van der Waals surface area contributed by atoms with E-state index in [1.54, 1.807) is 0 Å². The van der Waals surface area contributed by atoms with Gasteiger partial charge < -0.3 is 10.2 Å². The number of rotatable bonds is 6. The van der Waals surface area contributed by atoms with Crippen LogP contribution in [-0.2, 0) is 16.6 Å². The Morgan fingerprint density at radius 1 is 1.22 bits per heavy atom. The van der Waals surface area contributed by atoms with E-state index in [1.165, 1.54) is 4.31 Å². The molecule has 2 aromatic rings. The second-order valence-electron chi connectivity index (χ2n) is 7.13. The van der Waals surface area contributed by atoms with Gasteiger partial charge in [0.05, 0.1) is 11.4 Å². The summed E-state index contributed by atoms with van der Waals surface area (Å²) in [4.78, 5) is 15.2. The lowest BCUT2D eigenvalue weighted by Crippen LogP contribution is -2.25. The Bertz CT molecular complexity index is 888. The fraction of sp³-hybridized carbons (Fsp3) is 0.500. The first kappa shape index (κ1) is 19.3. The van der Waals surface area contributed by atoms with Crippen molar-refractivity contribution in [1.82, 2.24) is 15.0 Å². The predicted molar refractivity (Wildman–Crippen MR) is 108 cm³/mol. The smallest absolute Gasteiger partial charge is 0.235 e. The van der Waals surface area contributed by atoms with Gasteiger partial charge >= 0.3 is 0 Å². The molecule has 1 aromatic heterocycles. The molecule has 27 heavy (non-hydrogen) atoms. The lowest BCUT2D eigenvalue weighted by Gasteiger charge is -2.18. The quantitative estimate of drug-likeness (QED) is 0.808. The number of anilines is 3. The van der Waals surface area contributed by atoms with Crippen LogP contribution in [0.25, 0.3) is 0 Å². The maximum atomic E-state index is 12.1. The third-order valence-electron chi connectivity index (χ3n) is 4.31. The minimum Gasteiger partial charge on any atom is -0.350 e. The summed E-state index contributed by atoms with van der Waals surface area (Å²) in [6, 6.07) is 7.55. The number of hydrogen-bond donors (Lipinski definition) is 1. The molecule has 0 atom stereocenters. The van der Waals surface area contributed by atoms with Crippen LogP contribution < -0.4 is 14.5 Å². The van der Waals surface area contributed by atoms with E-state index in [9.17, 15) is 8.42 Å². The van der Waals surface area contributed by atoms with Gasteiger partial charge in [0.2, 0.25) is 21.9 Å². The molecule has 1 saturated heterocycles. The second kappa shape index (κ2) is 7.67. The molecule has 3 rings (SSSR count). The van der Waals surface area contributed by atoms with E-state index >= 15 is 0 Å². The molecule has 0 radical (unpaired) electrons. The van der Waals surface area contributed by atoms with Crippen LogP contribution in [0.2, 0.25) is 0 Å². The van der Waals surface area contributed by atoms with Crippen LogP contribution in [0.3, 0.4) is 0 Å². The Morgan fingerprint density at radius 3 is 2.63 bits per heavy atom. The monoisotopic (exact) mass is 390 g/mol. The van der Waals surface area contributed by atoms with Gasteiger partial charge in [-0.05, 0) is 24.1 Å². The van der Waals surface area contributed by atoms with E-state index in [-0.39, 0.29) is 11.7 Å². The topological polar surface area (TPSA) is 91.3 Å². The van der Waals surface area contributed by atoms with Gasteiger partial charge in [-0.3, -0.25) is 4.31 Å². The Morgan fingerprint density at radius 2 is 2.00 bits per heavy atom. The normalized spacial score (nSPS) is 16.0. The van der Waals surface area contributed by atoms with E-state index in [0.717, 1.165) is 11.4 Å². The van der Waals surface area contributed by atoms with Crippen molar-refractivity contribution in [2.45, 2.75) is 32.7 Å². The molecular weight excluding hydrogens is 364 g/mol. The van der Waals surface area contributed by atoms with Crippen LogP contribution in [0.1, 0.15) is 37.6 Å². The third kappa shape index (κ3) is 4.47. The molecule has 1 aromatic carbocycles. The minimum atomic E-state index is -3.18. The third-order valence-corrected chi connectivity index (χ3v) is 6.18. The highest BCUT2D eigenvalue weighted by Gasteiger charge is 2.28. The van der Waals surface area contributed by atoms with Crippen LogP contribution in [0.4, 0.5) is 17.6 Å². The number of benzene rings is 1. The van der Waals surface area contributed by atoms with Crippen molar-refractivity contribution in [3.05, 3.63) is 35.7 Å². The highest BCUT2D eigenvalue weighted by molar-refractivity contribution is 7.93. The Kier molecular flexibility index (Phi) is 5.50. The maximum Gasteiger partial charge on any atom is 0.235 e. The molecule has 1 fully saturated rings. The first-order chi connectivity index (χ1) is 12.8. The number of sulfonamides is 1. The van der Waals surface area contributed by atoms with Gasteiger partial charge in [-0.2, -0.15) is 15.0 Å². The molecule has 0 bridgehead atoms. The zero-order valence-electron chi connectivity index (χ0n) is 16.2. The second-order valence-corrected chi connectivity index (χ2v) is 9.14. The maximum absolute atomic E-state index is 12.1. The van der Waals surface area contributed by atoms with Crippen LogP contribution in [0.15, 0.2) is 24.3 Å². The van der Waals surface area contributed by atoms with Gasteiger partial charge in [-0.25, -0.2) is 8.42 Å². The van der Waals surface area contributed by atoms with Crippen molar-refractivity contribution in [3.8, 4) is 0 Å². The number of hydrogen-bond acceptors (Lipinski definition) is 7. The van der Waals surface area contributed by atoms with Crippen molar-refractivity contribution in [2.75, 3.05) is 40.9 Å². The van der Waals surface area contributed by atoms with Gasteiger partial charge in [0.25, 0.3) is 0 Å². The number of aromatic nitrogens is 3. The van der Waals surface area contributed by atoms with Crippen molar-refractivity contribution in [1.29, 1.82) is 0 Å². The molecule has 0 amide bonds. The molecule has 9 heteroatoms. The van der Waals surface area contributed by atoms with Gasteiger partial charge in [0, 0.05) is 33.1 Å². The Labute approximate surface area is 160 Å². The van der Waals surface area contributed by atoms with E-state index in [4.69, 9.17) is 0 Å². The van der Waals surface area contributed by atoms with Crippen LogP contribution in [0.5, 0.6) is 0 Å². The zero-order chi connectivity index (χ0) is 19.6. The average Bonchev–Trinajstić information content (AvgIpc) is 2.99. The Hall–Kier alpha value is -2.42.